The van der Waals surface area contributed by atoms with Crippen LogP contribution in [0.5, 0.6) is 0 Å². The van der Waals surface area contributed by atoms with Crippen molar-refractivity contribution in [2.45, 2.75) is 25.6 Å². The molecule has 0 saturated carbocycles. The second-order valence-electron chi connectivity index (χ2n) is 5.25. The minimum atomic E-state index is -0.521. The number of ether oxygens (including phenoxy) is 2. The lowest BCUT2D eigenvalue weighted by Crippen LogP contribution is -2.49. The second kappa shape index (κ2) is 8.18. The molecule has 0 aliphatic carbocycles. The molecule has 1 heterocycles. The van der Waals surface area contributed by atoms with Gasteiger partial charge >= 0.3 is 0 Å². The van der Waals surface area contributed by atoms with E-state index in [0.29, 0.717) is 13.2 Å². The van der Waals surface area contributed by atoms with Crippen molar-refractivity contribution in [1.82, 2.24) is 9.80 Å². The van der Waals surface area contributed by atoms with Crippen LogP contribution in [0.3, 0.4) is 0 Å². The van der Waals surface area contributed by atoms with E-state index in [-0.39, 0.29) is 31.1 Å². The van der Waals surface area contributed by atoms with Crippen molar-refractivity contribution in [2.75, 3.05) is 46.9 Å². The van der Waals surface area contributed by atoms with Gasteiger partial charge in [0.15, 0.2) is 0 Å². The molecule has 1 saturated heterocycles. The molecule has 0 aromatic carbocycles. The Morgan fingerprint density at radius 1 is 1.55 bits per heavy atom. The predicted molar refractivity (Wildman–Crippen MR) is 74.1 cm³/mol. The van der Waals surface area contributed by atoms with Gasteiger partial charge in [0, 0.05) is 26.7 Å². The van der Waals surface area contributed by atoms with Crippen LogP contribution >= 0.6 is 0 Å². The first-order chi connectivity index (χ1) is 9.42. The highest BCUT2D eigenvalue weighted by atomic mass is 16.5. The number of likely N-dealkylation sites (N-methyl/N-ethyl adjacent to an activating group) is 1. The summed E-state index contributed by atoms with van der Waals surface area (Å²) >= 11 is 0. The van der Waals surface area contributed by atoms with Crippen LogP contribution in [0.15, 0.2) is 0 Å². The molecular weight excluding hydrogens is 262 g/mol. The van der Waals surface area contributed by atoms with Crippen LogP contribution < -0.4 is 5.73 Å². The minimum absolute atomic E-state index is 0.0845. The van der Waals surface area contributed by atoms with Crippen LogP contribution in [0.1, 0.15) is 13.3 Å². The fraction of sp³-hybridized carbons (Fsp3) is 0.846. The molecule has 0 unspecified atom stereocenters. The van der Waals surface area contributed by atoms with Gasteiger partial charge in [0.05, 0.1) is 31.8 Å². The first-order valence-corrected chi connectivity index (χ1v) is 6.81. The standard InChI is InChI=1S/C13H25N3O4/c1-10(19-3)6-13(18)16(9-12(14)17)8-11-7-15(2)4-5-20-11/h10-11H,4-9H2,1-3H3,(H2,14,17)/t10-,11+/m1/s1. The van der Waals surface area contributed by atoms with E-state index in [0.717, 1.165) is 13.1 Å². The lowest BCUT2D eigenvalue weighted by atomic mass is 10.2. The molecule has 2 N–H and O–H groups in total. The van der Waals surface area contributed by atoms with Crippen LogP contribution in [0, 0.1) is 0 Å². The van der Waals surface area contributed by atoms with Gasteiger partial charge in [-0.2, -0.15) is 0 Å². The highest BCUT2D eigenvalue weighted by molar-refractivity contribution is 5.84. The van der Waals surface area contributed by atoms with Crippen molar-refractivity contribution in [2.24, 2.45) is 5.73 Å². The highest BCUT2D eigenvalue weighted by Gasteiger charge is 2.25. The second-order valence-corrected chi connectivity index (χ2v) is 5.25. The maximum atomic E-state index is 12.2. The summed E-state index contributed by atoms with van der Waals surface area (Å²) in [6.45, 7) is 4.35. The van der Waals surface area contributed by atoms with Gasteiger partial charge in [-0.3, -0.25) is 9.59 Å². The van der Waals surface area contributed by atoms with Crippen LogP contribution in [0.2, 0.25) is 0 Å². The van der Waals surface area contributed by atoms with Gasteiger partial charge in [0.2, 0.25) is 11.8 Å². The molecule has 0 spiro atoms. The molecule has 0 aromatic rings. The number of hydrogen-bond donors (Lipinski definition) is 1. The van der Waals surface area contributed by atoms with Gasteiger partial charge in [-0.15, -0.1) is 0 Å². The quantitative estimate of drug-likeness (QED) is 0.653. The maximum Gasteiger partial charge on any atom is 0.237 e. The molecule has 20 heavy (non-hydrogen) atoms. The SMILES string of the molecule is CO[C@H](C)CC(=O)N(CC(N)=O)C[C@@H]1CN(C)CCO1. The van der Waals surface area contributed by atoms with Crippen molar-refractivity contribution in [3.8, 4) is 0 Å². The zero-order valence-electron chi connectivity index (χ0n) is 12.5. The summed E-state index contributed by atoms with van der Waals surface area (Å²) in [6, 6.07) is 0. The first-order valence-electron chi connectivity index (χ1n) is 6.81. The Labute approximate surface area is 120 Å². The van der Waals surface area contributed by atoms with E-state index >= 15 is 0 Å². The van der Waals surface area contributed by atoms with Gasteiger partial charge in [0.25, 0.3) is 0 Å². The van der Waals surface area contributed by atoms with Crippen molar-refractivity contribution in [1.29, 1.82) is 0 Å². The third-order valence-electron chi connectivity index (χ3n) is 3.33. The molecule has 116 valence electrons. The fourth-order valence-corrected chi connectivity index (χ4v) is 2.12. The normalized spacial score (nSPS) is 21.4. The Hall–Kier alpha value is -1.18. The van der Waals surface area contributed by atoms with E-state index in [1.54, 1.807) is 7.11 Å². The molecule has 2 atom stereocenters. The summed E-state index contributed by atoms with van der Waals surface area (Å²) in [7, 11) is 3.55. The number of primary amides is 1. The number of amides is 2. The molecule has 0 radical (unpaired) electrons. The minimum Gasteiger partial charge on any atom is -0.381 e. The van der Waals surface area contributed by atoms with Crippen LogP contribution in [0.4, 0.5) is 0 Å². The van der Waals surface area contributed by atoms with E-state index in [1.165, 1.54) is 4.90 Å². The molecule has 1 aliphatic heterocycles. The number of rotatable bonds is 7. The monoisotopic (exact) mass is 287 g/mol. The molecule has 1 aliphatic rings. The Bertz CT molecular complexity index is 338. The molecule has 7 nitrogen and oxygen atoms in total. The molecule has 2 amide bonds. The van der Waals surface area contributed by atoms with E-state index in [2.05, 4.69) is 4.90 Å². The zero-order chi connectivity index (χ0) is 15.1. The number of morpholine rings is 1. The lowest BCUT2D eigenvalue weighted by molar-refractivity contribution is -0.140. The predicted octanol–water partition coefficient (Wildman–Crippen LogP) is -0.944. The number of carbonyl (C=O) groups is 2. The van der Waals surface area contributed by atoms with Crippen molar-refractivity contribution < 1.29 is 19.1 Å². The summed E-state index contributed by atoms with van der Waals surface area (Å²) in [5, 5.41) is 0. The van der Waals surface area contributed by atoms with Crippen molar-refractivity contribution in [3.63, 3.8) is 0 Å². The van der Waals surface area contributed by atoms with Crippen LogP contribution in [0.25, 0.3) is 0 Å². The summed E-state index contributed by atoms with van der Waals surface area (Å²) in [5.41, 5.74) is 5.21. The average Bonchev–Trinajstić information content (AvgIpc) is 2.37. The Morgan fingerprint density at radius 3 is 2.80 bits per heavy atom. The van der Waals surface area contributed by atoms with Gasteiger partial charge in [-0.25, -0.2) is 0 Å². The largest absolute Gasteiger partial charge is 0.381 e. The zero-order valence-corrected chi connectivity index (χ0v) is 12.5. The number of methoxy groups -OCH3 is 1. The van der Waals surface area contributed by atoms with Gasteiger partial charge in [-0.05, 0) is 14.0 Å². The van der Waals surface area contributed by atoms with E-state index in [9.17, 15) is 9.59 Å². The molecule has 0 bridgehead atoms. The van der Waals surface area contributed by atoms with Gasteiger partial charge < -0.3 is 25.0 Å². The number of nitrogens with zero attached hydrogens (tertiary/aromatic N) is 2. The molecule has 1 rings (SSSR count). The smallest absolute Gasteiger partial charge is 0.237 e. The van der Waals surface area contributed by atoms with Crippen molar-refractivity contribution in [3.05, 3.63) is 0 Å². The summed E-state index contributed by atoms with van der Waals surface area (Å²) in [6.07, 6.45) is -0.0467. The molecule has 1 fully saturated rings. The highest BCUT2D eigenvalue weighted by Crippen LogP contribution is 2.08. The van der Waals surface area contributed by atoms with Gasteiger partial charge in [-0.1, -0.05) is 0 Å². The van der Waals surface area contributed by atoms with Crippen molar-refractivity contribution >= 4 is 11.8 Å². The topological polar surface area (TPSA) is 85.1 Å². The Morgan fingerprint density at radius 2 is 2.25 bits per heavy atom. The molecular formula is C13H25N3O4. The van der Waals surface area contributed by atoms with Gasteiger partial charge in [0.1, 0.15) is 0 Å². The van der Waals surface area contributed by atoms with E-state index in [4.69, 9.17) is 15.2 Å². The Balaban J connectivity index is 2.58. The number of carbonyl (C=O) groups excluding carboxylic acids is 2. The van der Waals surface area contributed by atoms with E-state index in [1.807, 2.05) is 14.0 Å². The maximum absolute atomic E-state index is 12.2. The fourth-order valence-electron chi connectivity index (χ4n) is 2.12. The number of hydrogen-bond acceptors (Lipinski definition) is 5. The average molecular weight is 287 g/mol. The first kappa shape index (κ1) is 16.9. The van der Waals surface area contributed by atoms with E-state index < -0.39 is 5.91 Å². The molecule has 7 heteroatoms. The summed E-state index contributed by atoms with van der Waals surface area (Å²) in [4.78, 5) is 26.9. The summed E-state index contributed by atoms with van der Waals surface area (Å²) < 4.78 is 10.7. The lowest BCUT2D eigenvalue weighted by Gasteiger charge is -2.33. The van der Waals surface area contributed by atoms with Crippen LogP contribution in [-0.4, -0.2) is 80.8 Å². The Kier molecular flexibility index (Phi) is 6.90. The number of nitrogens with two attached hydrogens (primary N) is 1. The van der Waals surface area contributed by atoms with Crippen LogP contribution in [-0.2, 0) is 19.1 Å². The molecule has 0 aromatic heterocycles. The summed E-state index contributed by atoms with van der Waals surface area (Å²) in [5.74, 6) is -0.664. The third-order valence-corrected chi connectivity index (χ3v) is 3.33. The third kappa shape index (κ3) is 5.85.